The number of fused-ring (bicyclic) bond motifs is 5. The van der Waals surface area contributed by atoms with E-state index in [1.807, 2.05) is 17.7 Å². The molecule has 0 bridgehead atoms. The van der Waals surface area contributed by atoms with Crippen LogP contribution in [-0.4, -0.2) is 26.8 Å². The second kappa shape index (κ2) is 4.34. The molecule has 1 aliphatic heterocycles. The molecule has 5 nitrogen and oxygen atoms in total. The van der Waals surface area contributed by atoms with Crippen LogP contribution in [0, 0.1) is 0 Å². The number of carbonyl (C=O) groups is 1. The molecule has 1 aliphatic carbocycles. The Labute approximate surface area is 130 Å². The zero-order chi connectivity index (χ0) is 14.7. The normalized spacial score (nSPS) is 19.5. The highest BCUT2D eigenvalue weighted by molar-refractivity contribution is 9.10. The Kier molecular flexibility index (Phi) is 2.66. The van der Waals surface area contributed by atoms with Crippen LogP contribution in [0.3, 0.4) is 0 Å². The van der Waals surface area contributed by atoms with Crippen LogP contribution in [0.25, 0.3) is 11.3 Å². The van der Waals surface area contributed by atoms with Crippen molar-refractivity contribution >= 4 is 21.8 Å². The topological polar surface area (TPSA) is 67.2 Å². The molecule has 1 unspecified atom stereocenters. The molecule has 2 aromatic rings. The SMILES string of the molecule is CC1Cn2nc3c(c2C(=O)N1)CCc1cc(O)c(Br)cc1-3. The molecular formula is C15H14BrN3O2. The summed E-state index contributed by atoms with van der Waals surface area (Å²) in [6.45, 7) is 2.67. The van der Waals surface area contributed by atoms with Crippen LogP contribution in [0.1, 0.15) is 28.5 Å². The number of nitrogens with zero attached hydrogens (tertiary/aromatic N) is 2. The smallest absolute Gasteiger partial charge is 0.270 e. The number of nitrogens with one attached hydrogen (secondary N) is 1. The monoisotopic (exact) mass is 347 g/mol. The highest BCUT2D eigenvalue weighted by Gasteiger charge is 2.32. The Morgan fingerprint density at radius 2 is 2.24 bits per heavy atom. The zero-order valence-corrected chi connectivity index (χ0v) is 13.1. The van der Waals surface area contributed by atoms with Crippen molar-refractivity contribution in [2.45, 2.75) is 32.4 Å². The first-order valence-electron chi connectivity index (χ1n) is 6.97. The highest BCUT2D eigenvalue weighted by Crippen LogP contribution is 2.39. The number of phenols is 1. The summed E-state index contributed by atoms with van der Waals surface area (Å²) < 4.78 is 2.47. The van der Waals surface area contributed by atoms with Crippen LogP contribution in [-0.2, 0) is 19.4 Å². The predicted molar refractivity (Wildman–Crippen MR) is 81.4 cm³/mol. The fourth-order valence-electron chi connectivity index (χ4n) is 3.23. The summed E-state index contributed by atoms with van der Waals surface area (Å²) in [5.41, 5.74) is 4.66. The van der Waals surface area contributed by atoms with Crippen molar-refractivity contribution in [3.63, 3.8) is 0 Å². The summed E-state index contributed by atoms with van der Waals surface area (Å²) in [6, 6.07) is 3.77. The molecule has 2 N–H and O–H groups in total. The van der Waals surface area contributed by atoms with Gasteiger partial charge in [0.05, 0.1) is 16.7 Å². The second-order valence-electron chi connectivity index (χ2n) is 5.69. The Hall–Kier alpha value is -1.82. The summed E-state index contributed by atoms with van der Waals surface area (Å²) in [5, 5.41) is 17.5. The van der Waals surface area contributed by atoms with E-state index in [9.17, 15) is 9.90 Å². The molecule has 1 aromatic heterocycles. The number of aromatic nitrogens is 2. The number of aryl methyl sites for hydroxylation is 1. The minimum absolute atomic E-state index is 0.0382. The maximum absolute atomic E-state index is 12.2. The molecule has 2 heterocycles. The molecule has 1 amide bonds. The molecule has 108 valence electrons. The minimum Gasteiger partial charge on any atom is -0.507 e. The third-order valence-corrected chi connectivity index (χ3v) is 4.80. The Morgan fingerprint density at radius 3 is 3.05 bits per heavy atom. The van der Waals surface area contributed by atoms with Crippen molar-refractivity contribution in [2.75, 3.05) is 0 Å². The fourth-order valence-corrected chi connectivity index (χ4v) is 3.57. The van der Waals surface area contributed by atoms with Crippen LogP contribution in [0.5, 0.6) is 5.75 Å². The molecule has 0 spiro atoms. The third kappa shape index (κ3) is 1.82. The lowest BCUT2D eigenvalue weighted by Crippen LogP contribution is -2.43. The van der Waals surface area contributed by atoms with E-state index in [2.05, 4.69) is 26.3 Å². The molecule has 0 saturated heterocycles. The Morgan fingerprint density at radius 1 is 1.43 bits per heavy atom. The fraction of sp³-hybridized carbons (Fsp3) is 0.333. The number of amides is 1. The Balaban J connectivity index is 1.95. The number of halogens is 1. The summed E-state index contributed by atoms with van der Waals surface area (Å²) in [5.74, 6) is 0.205. The van der Waals surface area contributed by atoms with Gasteiger partial charge in [-0.2, -0.15) is 5.10 Å². The zero-order valence-electron chi connectivity index (χ0n) is 11.5. The van der Waals surface area contributed by atoms with Gasteiger partial charge in [-0.25, -0.2) is 0 Å². The van der Waals surface area contributed by atoms with E-state index >= 15 is 0 Å². The first-order chi connectivity index (χ1) is 10.0. The molecule has 0 radical (unpaired) electrons. The maximum atomic E-state index is 12.2. The number of phenolic OH excluding ortho intramolecular Hbond substituents is 1. The van der Waals surface area contributed by atoms with E-state index in [0.29, 0.717) is 16.7 Å². The summed E-state index contributed by atoms with van der Waals surface area (Å²) >= 11 is 3.36. The van der Waals surface area contributed by atoms with Crippen LogP contribution in [0.15, 0.2) is 16.6 Å². The van der Waals surface area contributed by atoms with Crippen LogP contribution >= 0.6 is 15.9 Å². The first kappa shape index (κ1) is 12.9. The lowest BCUT2D eigenvalue weighted by atomic mass is 9.88. The number of carbonyl (C=O) groups excluding carboxylic acids is 1. The number of benzene rings is 1. The molecule has 1 atom stereocenters. The van der Waals surface area contributed by atoms with Crippen molar-refractivity contribution < 1.29 is 9.90 Å². The van der Waals surface area contributed by atoms with E-state index in [0.717, 1.165) is 35.2 Å². The van der Waals surface area contributed by atoms with Crippen molar-refractivity contribution in [1.29, 1.82) is 0 Å². The molecule has 21 heavy (non-hydrogen) atoms. The van der Waals surface area contributed by atoms with Gasteiger partial charge >= 0.3 is 0 Å². The molecule has 0 saturated carbocycles. The van der Waals surface area contributed by atoms with Crippen molar-refractivity contribution in [3.05, 3.63) is 33.4 Å². The first-order valence-corrected chi connectivity index (χ1v) is 7.76. The standard InChI is InChI=1S/C15H14BrN3O2/c1-7-6-19-14(15(21)17-7)9-3-2-8-4-12(20)11(16)5-10(8)13(9)18-19/h4-5,7,20H,2-3,6H2,1H3,(H,17,21). The van der Waals surface area contributed by atoms with E-state index in [-0.39, 0.29) is 17.7 Å². The van der Waals surface area contributed by atoms with Crippen molar-refractivity contribution in [3.8, 4) is 17.0 Å². The van der Waals surface area contributed by atoms with Gasteiger partial charge in [-0.05, 0) is 53.4 Å². The third-order valence-electron chi connectivity index (χ3n) is 4.16. The van der Waals surface area contributed by atoms with E-state index in [1.54, 1.807) is 6.07 Å². The van der Waals surface area contributed by atoms with Gasteiger partial charge < -0.3 is 10.4 Å². The molecule has 4 rings (SSSR count). The predicted octanol–water partition coefficient (Wildman–Crippen LogP) is 2.25. The molecule has 0 fully saturated rings. The van der Waals surface area contributed by atoms with Gasteiger partial charge in [-0.15, -0.1) is 0 Å². The van der Waals surface area contributed by atoms with Gasteiger partial charge in [-0.1, -0.05) is 0 Å². The van der Waals surface area contributed by atoms with Gasteiger partial charge in [0.15, 0.2) is 0 Å². The summed E-state index contributed by atoms with van der Waals surface area (Å²) in [4.78, 5) is 12.2. The van der Waals surface area contributed by atoms with Gasteiger partial charge in [-0.3, -0.25) is 9.48 Å². The van der Waals surface area contributed by atoms with Crippen LogP contribution in [0.4, 0.5) is 0 Å². The van der Waals surface area contributed by atoms with Gasteiger partial charge in [0.25, 0.3) is 5.91 Å². The van der Waals surface area contributed by atoms with E-state index < -0.39 is 0 Å². The minimum atomic E-state index is -0.0382. The highest BCUT2D eigenvalue weighted by atomic mass is 79.9. The van der Waals surface area contributed by atoms with E-state index in [1.165, 1.54) is 0 Å². The van der Waals surface area contributed by atoms with Crippen molar-refractivity contribution in [2.24, 2.45) is 0 Å². The number of hydrogen-bond donors (Lipinski definition) is 2. The number of hydrogen-bond acceptors (Lipinski definition) is 3. The van der Waals surface area contributed by atoms with Crippen molar-refractivity contribution in [1.82, 2.24) is 15.1 Å². The molecule has 2 aliphatic rings. The number of aromatic hydroxyl groups is 1. The lowest BCUT2D eigenvalue weighted by Gasteiger charge is -2.22. The largest absolute Gasteiger partial charge is 0.507 e. The van der Waals surface area contributed by atoms with E-state index in [4.69, 9.17) is 0 Å². The maximum Gasteiger partial charge on any atom is 0.270 e. The molecular weight excluding hydrogens is 334 g/mol. The number of rotatable bonds is 0. The molecule has 1 aromatic carbocycles. The Bertz CT molecular complexity index is 782. The van der Waals surface area contributed by atoms with Gasteiger partial charge in [0, 0.05) is 17.2 Å². The average molecular weight is 348 g/mol. The lowest BCUT2D eigenvalue weighted by molar-refractivity contribution is 0.0900. The average Bonchev–Trinajstić information content (AvgIpc) is 2.79. The van der Waals surface area contributed by atoms with Crippen LogP contribution in [0.2, 0.25) is 0 Å². The second-order valence-corrected chi connectivity index (χ2v) is 6.55. The van der Waals surface area contributed by atoms with Gasteiger partial charge in [0.1, 0.15) is 11.4 Å². The summed E-state index contributed by atoms with van der Waals surface area (Å²) in [7, 11) is 0. The summed E-state index contributed by atoms with van der Waals surface area (Å²) in [6.07, 6.45) is 1.59. The quantitative estimate of drug-likeness (QED) is 0.767. The van der Waals surface area contributed by atoms with Crippen LogP contribution < -0.4 is 5.32 Å². The van der Waals surface area contributed by atoms with Gasteiger partial charge in [0.2, 0.25) is 0 Å². The molecule has 6 heteroatoms.